The highest BCUT2D eigenvalue weighted by molar-refractivity contribution is 5.93. The Bertz CT molecular complexity index is 494. The molecule has 2 rings (SSSR count). The number of hydrogen-bond acceptors (Lipinski definition) is 2. The molecular weight excluding hydrogens is 214 g/mol. The van der Waals surface area contributed by atoms with Crippen molar-refractivity contribution in [2.75, 3.05) is 0 Å². The number of aromatic nitrogens is 1. The van der Waals surface area contributed by atoms with Crippen LogP contribution in [0, 0.1) is 0 Å². The first-order valence-electron chi connectivity index (χ1n) is 5.33. The smallest absolute Gasteiger partial charge is 0.265 e. The van der Waals surface area contributed by atoms with Gasteiger partial charge in [-0.1, -0.05) is 18.2 Å². The van der Waals surface area contributed by atoms with E-state index < -0.39 is 0 Å². The molecular formula is C13H14N3O+. The number of benzene rings is 1. The predicted octanol–water partition coefficient (Wildman–Crippen LogP) is 0.626. The normalized spacial score (nSPS) is 9.94. The maximum Gasteiger partial charge on any atom is 0.265 e. The van der Waals surface area contributed by atoms with E-state index in [2.05, 4.69) is 9.99 Å². The molecule has 17 heavy (non-hydrogen) atoms. The summed E-state index contributed by atoms with van der Waals surface area (Å²) in [5.74, 6) is 4.79. The molecule has 4 nitrogen and oxygen atoms in total. The second kappa shape index (κ2) is 5.23. The van der Waals surface area contributed by atoms with Crippen molar-refractivity contribution >= 4 is 5.91 Å². The minimum absolute atomic E-state index is 0.274. The van der Waals surface area contributed by atoms with E-state index >= 15 is 0 Å². The topological polar surface area (TPSA) is 59.0 Å². The summed E-state index contributed by atoms with van der Waals surface area (Å²) in [7, 11) is 0. The number of nitrogen functional groups attached to an aromatic ring is 1. The second-order valence-electron chi connectivity index (χ2n) is 3.72. The molecule has 3 N–H and O–H groups in total. The van der Waals surface area contributed by atoms with Crippen LogP contribution >= 0.6 is 0 Å². The van der Waals surface area contributed by atoms with Gasteiger partial charge in [-0.25, -0.2) is 10.4 Å². The van der Waals surface area contributed by atoms with Crippen LogP contribution in [0.4, 0.5) is 0 Å². The van der Waals surface area contributed by atoms with Gasteiger partial charge in [-0.05, 0) is 12.1 Å². The Morgan fingerprint density at radius 3 is 2.35 bits per heavy atom. The minimum Gasteiger partial charge on any atom is -0.290 e. The van der Waals surface area contributed by atoms with E-state index in [1.807, 2.05) is 42.7 Å². The van der Waals surface area contributed by atoms with Crippen molar-refractivity contribution in [3.63, 3.8) is 0 Å². The molecule has 4 heteroatoms. The first kappa shape index (κ1) is 11.3. The quantitative estimate of drug-likeness (QED) is 0.350. The Balaban J connectivity index is 2.11. The Morgan fingerprint density at radius 2 is 1.76 bits per heavy atom. The van der Waals surface area contributed by atoms with Gasteiger partial charge < -0.3 is 0 Å². The van der Waals surface area contributed by atoms with Crippen LogP contribution in [0.25, 0.3) is 0 Å². The number of carbonyl (C=O) groups excluding carboxylic acids is 1. The van der Waals surface area contributed by atoms with Gasteiger partial charge in [0.05, 0.1) is 0 Å². The molecule has 1 aromatic carbocycles. The van der Waals surface area contributed by atoms with Crippen LogP contribution in [0.5, 0.6) is 0 Å². The molecule has 0 spiro atoms. The Labute approximate surface area is 99.7 Å². The maximum absolute atomic E-state index is 11.2. The van der Waals surface area contributed by atoms with E-state index in [1.54, 1.807) is 12.1 Å². The number of hydrogen-bond donors (Lipinski definition) is 2. The molecule has 0 atom stereocenters. The van der Waals surface area contributed by atoms with Gasteiger partial charge >= 0.3 is 0 Å². The lowest BCUT2D eigenvalue weighted by molar-refractivity contribution is -0.688. The van der Waals surface area contributed by atoms with Gasteiger partial charge in [-0.2, -0.15) is 0 Å². The molecule has 0 aliphatic rings. The zero-order chi connectivity index (χ0) is 12.1. The van der Waals surface area contributed by atoms with Crippen molar-refractivity contribution in [2.24, 2.45) is 5.84 Å². The van der Waals surface area contributed by atoms with Crippen LogP contribution in [-0.4, -0.2) is 5.91 Å². The lowest BCUT2D eigenvalue weighted by Crippen LogP contribution is -2.33. The van der Waals surface area contributed by atoms with Crippen LogP contribution in [0.1, 0.15) is 15.9 Å². The van der Waals surface area contributed by atoms with E-state index in [0.717, 1.165) is 12.1 Å². The third kappa shape index (κ3) is 2.89. The van der Waals surface area contributed by atoms with Crippen molar-refractivity contribution in [3.8, 4) is 0 Å². The van der Waals surface area contributed by atoms with Crippen molar-refractivity contribution in [2.45, 2.75) is 6.54 Å². The van der Waals surface area contributed by atoms with E-state index in [4.69, 9.17) is 5.84 Å². The molecule has 0 aliphatic heterocycles. The molecule has 1 heterocycles. The molecule has 0 aliphatic carbocycles. The van der Waals surface area contributed by atoms with E-state index in [9.17, 15) is 4.79 Å². The average Bonchev–Trinajstić information content (AvgIpc) is 2.40. The summed E-state index contributed by atoms with van der Waals surface area (Å²) in [5.41, 5.74) is 3.80. The van der Waals surface area contributed by atoms with Gasteiger partial charge in [0.15, 0.2) is 18.9 Å². The van der Waals surface area contributed by atoms with Gasteiger partial charge in [0.2, 0.25) is 0 Å². The summed E-state index contributed by atoms with van der Waals surface area (Å²) in [6, 6.07) is 13.3. The van der Waals surface area contributed by atoms with Crippen LogP contribution in [0.15, 0.2) is 54.9 Å². The summed E-state index contributed by atoms with van der Waals surface area (Å²) >= 11 is 0. The molecule has 0 fully saturated rings. The van der Waals surface area contributed by atoms with Crippen molar-refractivity contribution in [3.05, 3.63) is 66.0 Å². The maximum atomic E-state index is 11.2. The summed E-state index contributed by atoms with van der Waals surface area (Å²) in [4.78, 5) is 11.2. The minimum atomic E-state index is -0.274. The standard InChI is InChI=1S/C13H13N3O/c14-15-13(17)12-6-4-11(5-7-12)10-16-8-2-1-3-9-16/h1-9H,10,14H2/p+1. The number of hydrazine groups is 1. The van der Waals surface area contributed by atoms with E-state index in [-0.39, 0.29) is 5.91 Å². The number of nitrogens with two attached hydrogens (primary N) is 1. The third-order valence-electron chi connectivity index (χ3n) is 2.49. The van der Waals surface area contributed by atoms with E-state index in [1.165, 1.54) is 0 Å². The predicted molar refractivity (Wildman–Crippen MR) is 63.8 cm³/mol. The fourth-order valence-electron chi connectivity index (χ4n) is 1.60. The highest BCUT2D eigenvalue weighted by Crippen LogP contribution is 2.03. The highest BCUT2D eigenvalue weighted by Gasteiger charge is 2.05. The number of carbonyl (C=O) groups is 1. The summed E-state index contributed by atoms with van der Waals surface area (Å²) in [6.07, 6.45) is 4.00. The van der Waals surface area contributed by atoms with Gasteiger partial charge in [-0.3, -0.25) is 10.2 Å². The molecule has 86 valence electrons. The fourth-order valence-corrected chi connectivity index (χ4v) is 1.60. The number of rotatable bonds is 3. The Hall–Kier alpha value is -2.20. The number of nitrogens with one attached hydrogen (secondary N) is 1. The molecule has 0 unspecified atom stereocenters. The number of amides is 1. The van der Waals surface area contributed by atoms with Crippen LogP contribution < -0.4 is 15.8 Å². The molecule has 0 saturated carbocycles. The van der Waals surface area contributed by atoms with Gasteiger partial charge in [0.1, 0.15) is 0 Å². The molecule has 1 amide bonds. The SMILES string of the molecule is NNC(=O)c1ccc(C[n+]2ccccc2)cc1. The van der Waals surface area contributed by atoms with Crippen LogP contribution in [0.2, 0.25) is 0 Å². The lowest BCUT2D eigenvalue weighted by atomic mass is 10.1. The van der Waals surface area contributed by atoms with Gasteiger partial charge in [0.25, 0.3) is 5.91 Å². The third-order valence-corrected chi connectivity index (χ3v) is 2.49. The van der Waals surface area contributed by atoms with Crippen molar-refractivity contribution in [1.29, 1.82) is 0 Å². The first-order chi connectivity index (χ1) is 8.29. The highest BCUT2D eigenvalue weighted by atomic mass is 16.2. The van der Waals surface area contributed by atoms with Crippen molar-refractivity contribution < 1.29 is 9.36 Å². The molecule has 0 saturated heterocycles. The zero-order valence-corrected chi connectivity index (χ0v) is 9.34. The summed E-state index contributed by atoms with van der Waals surface area (Å²) < 4.78 is 2.07. The molecule has 2 aromatic rings. The Kier molecular flexibility index (Phi) is 3.47. The van der Waals surface area contributed by atoms with Gasteiger partial charge in [0, 0.05) is 23.3 Å². The fraction of sp³-hybridized carbons (Fsp3) is 0.0769. The molecule has 0 bridgehead atoms. The van der Waals surface area contributed by atoms with Gasteiger partial charge in [-0.15, -0.1) is 0 Å². The average molecular weight is 228 g/mol. The van der Waals surface area contributed by atoms with E-state index in [0.29, 0.717) is 5.56 Å². The second-order valence-corrected chi connectivity index (χ2v) is 3.72. The lowest BCUT2D eigenvalue weighted by Gasteiger charge is -2.01. The summed E-state index contributed by atoms with van der Waals surface area (Å²) in [6.45, 7) is 0.783. The molecule has 1 aromatic heterocycles. The van der Waals surface area contributed by atoms with Crippen molar-refractivity contribution in [1.82, 2.24) is 5.43 Å². The monoisotopic (exact) mass is 228 g/mol. The number of pyridine rings is 1. The van der Waals surface area contributed by atoms with Crippen LogP contribution in [0.3, 0.4) is 0 Å². The first-order valence-corrected chi connectivity index (χ1v) is 5.33. The Morgan fingerprint density at radius 1 is 1.12 bits per heavy atom. The zero-order valence-electron chi connectivity index (χ0n) is 9.34. The summed E-state index contributed by atoms with van der Waals surface area (Å²) in [5, 5.41) is 0. The van der Waals surface area contributed by atoms with Crippen LogP contribution in [-0.2, 0) is 6.54 Å². The largest absolute Gasteiger partial charge is 0.290 e. The number of nitrogens with zero attached hydrogens (tertiary/aromatic N) is 1. The molecule has 0 radical (unpaired) electrons.